The molecule has 2 aromatic carbocycles. The number of carbonyl (C=O) groups excluding carboxylic acids is 1. The first kappa shape index (κ1) is 17.9. The molecule has 0 saturated heterocycles. The van der Waals surface area contributed by atoms with Gasteiger partial charge in [-0.3, -0.25) is 14.2 Å². The summed E-state index contributed by atoms with van der Waals surface area (Å²) in [6.07, 6.45) is 1.75. The van der Waals surface area contributed by atoms with Crippen LogP contribution in [0.3, 0.4) is 0 Å². The van der Waals surface area contributed by atoms with Gasteiger partial charge in [0, 0.05) is 13.0 Å². The Morgan fingerprint density at radius 1 is 1.15 bits per heavy atom. The highest BCUT2D eigenvalue weighted by molar-refractivity contribution is 5.80. The van der Waals surface area contributed by atoms with Crippen molar-refractivity contribution in [3.63, 3.8) is 0 Å². The second-order valence-corrected chi connectivity index (χ2v) is 6.66. The summed E-state index contributed by atoms with van der Waals surface area (Å²) in [6.45, 7) is 6.22. The summed E-state index contributed by atoms with van der Waals surface area (Å²) >= 11 is 0. The summed E-state index contributed by atoms with van der Waals surface area (Å²) in [4.78, 5) is 29.2. The average Bonchev–Trinajstić information content (AvgIpc) is 2.62. The monoisotopic (exact) mass is 349 g/mol. The number of carbonyl (C=O) groups is 1. The maximum absolute atomic E-state index is 12.6. The Morgan fingerprint density at radius 2 is 1.88 bits per heavy atom. The third-order valence-corrected chi connectivity index (χ3v) is 4.59. The van der Waals surface area contributed by atoms with Crippen LogP contribution in [-0.4, -0.2) is 15.5 Å². The molecule has 0 aliphatic carbocycles. The van der Waals surface area contributed by atoms with Crippen LogP contribution in [0.2, 0.25) is 0 Å². The number of benzene rings is 2. The third-order valence-electron chi connectivity index (χ3n) is 4.59. The molecular weight excluding hydrogens is 326 g/mol. The van der Waals surface area contributed by atoms with E-state index >= 15 is 0 Å². The molecule has 26 heavy (non-hydrogen) atoms. The molecule has 1 N–H and O–H groups in total. The molecule has 134 valence electrons. The minimum Gasteiger partial charge on any atom is -0.350 e. The molecule has 1 aromatic heterocycles. The Hall–Kier alpha value is -2.95. The summed E-state index contributed by atoms with van der Waals surface area (Å²) in [5.41, 5.74) is 3.82. The van der Waals surface area contributed by atoms with E-state index in [1.165, 1.54) is 16.5 Å². The van der Waals surface area contributed by atoms with E-state index < -0.39 is 0 Å². The number of aryl methyl sites for hydroxylation is 3. The fraction of sp³-hybridized carbons (Fsp3) is 0.286. The largest absolute Gasteiger partial charge is 0.350 e. The van der Waals surface area contributed by atoms with Gasteiger partial charge >= 0.3 is 0 Å². The molecule has 0 saturated carbocycles. The van der Waals surface area contributed by atoms with Crippen molar-refractivity contribution in [1.29, 1.82) is 0 Å². The van der Waals surface area contributed by atoms with Crippen molar-refractivity contribution in [3.05, 3.63) is 75.8 Å². The van der Waals surface area contributed by atoms with E-state index in [-0.39, 0.29) is 23.9 Å². The lowest BCUT2D eigenvalue weighted by molar-refractivity contribution is -0.121. The Morgan fingerprint density at radius 3 is 2.62 bits per heavy atom. The fourth-order valence-electron chi connectivity index (χ4n) is 2.97. The minimum atomic E-state index is -0.113. The van der Waals surface area contributed by atoms with Crippen molar-refractivity contribution in [3.8, 4) is 0 Å². The second-order valence-electron chi connectivity index (χ2n) is 6.66. The van der Waals surface area contributed by atoms with E-state index in [0.717, 1.165) is 11.1 Å². The van der Waals surface area contributed by atoms with E-state index in [2.05, 4.69) is 10.3 Å². The molecule has 0 radical (unpaired) electrons. The molecule has 1 atom stereocenters. The Balaban J connectivity index is 1.66. The topological polar surface area (TPSA) is 64.0 Å². The maximum Gasteiger partial charge on any atom is 0.261 e. The third kappa shape index (κ3) is 3.82. The molecule has 5 nitrogen and oxygen atoms in total. The normalized spacial score (nSPS) is 12.1. The number of hydrogen-bond acceptors (Lipinski definition) is 3. The van der Waals surface area contributed by atoms with Crippen molar-refractivity contribution < 1.29 is 4.79 Å². The van der Waals surface area contributed by atoms with Gasteiger partial charge in [0.25, 0.3) is 5.56 Å². The van der Waals surface area contributed by atoms with E-state index in [1.807, 2.05) is 57.2 Å². The van der Waals surface area contributed by atoms with Gasteiger partial charge in [0.15, 0.2) is 0 Å². The highest BCUT2D eigenvalue weighted by Crippen LogP contribution is 2.14. The molecule has 1 heterocycles. The predicted octanol–water partition coefficient (Wildman–Crippen LogP) is 3.28. The minimum absolute atomic E-state index is 0.0720. The van der Waals surface area contributed by atoms with Crippen LogP contribution in [-0.2, 0) is 11.3 Å². The number of amides is 1. The Labute approximate surface area is 152 Å². The lowest BCUT2D eigenvalue weighted by atomic mass is 10.1. The van der Waals surface area contributed by atoms with Crippen molar-refractivity contribution in [2.75, 3.05) is 0 Å². The molecule has 3 aromatic rings. The zero-order valence-electron chi connectivity index (χ0n) is 15.3. The number of nitrogens with zero attached hydrogens (tertiary/aromatic N) is 2. The lowest BCUT2D eigenvalue weighted by Crippen LogP contribution is -2.29. The molecule has 5 heteroatoms. The van der Waals surface area contributed by atoms with Crippen LogP contribution >= 0.6 is 0 Å². The first-order valence-corrected chi connectivity index (χ1v) is 8.76. The smallest absolute Gasteiger partial charge is 0.261 e. The highest BCUT2D eigenvalue weighted by atomic mass is 16.2. The number of rotatable bonds is 5. The van der Waals surface area contributed by atoms with Crippen LogP contribution in [0, 0.1) is 13.8 Å². The van der Waals surface area contributed by atoms with Gasteiger partial charge < -0.3 is 5.32 Å². The Kier molecular flexibility index (Phi) is 5.16. The van der Waals surface area contributed by atoms with Crippen molar-refractivity contribution in [2.24, 2.45) is 0 Å². The van der Waals surface area contributed by atoms with Crippen LogP contribution < -0.4 is 10.9 Å². The SMILES string of the molecule is Cc1ccc(C(C)NC(=O)CCn2cnc3c(C)cccc3c2=O)cc1. The lowest BCUT2D eigenvalue weighted by Gasteiger charge is -2.15. The average molecular weight is 349 g/mol. The molecular formula is C21H23N3O2. The van der Waals surface area contributed by atoms with E-state index in [0.29, 0.717) is 17.4 Å². The molecule has 1 unspecified atom stereocenters. The number of hydrogen-bond donors (Lipinski definition) is 1. The highest BCUT2D eigenvalue weighted by Gasteiger charge is 2.11. The van der Waals surface area contributed by atoms with Crippen LogP contribution in [0.1, 0.15) is 36.1 Å². The zero-order valence-corrected chi connectivity index (χ0v) is 15.3. The zero-order chi connectivity index (χ0) is 18.7. The van der Waals surface area contributed by atoms with Gasteiger partial charge in [0.05, 0.1) is 23.3 Å². The molecule has 3 rings (SSSR count). The predicted molar refractivity (Wildman–Crippen MR) is 103 cm³/mol. The van der Waals surface area contributed by atoms with E-state index in [9.17, 15) is 9.59 Å². The van der Waals surface area contributed by atoms with Gasteiger partial charge in [-0.2, -0.15) is 0 Å². The molecule has 0 bridgehead atoms. The first-order chi connectivity index (χ1) is 12.5. The number of aromatic nitrogens is 2. The number of para-hydroxylation sites is 1. The van der Waals surface area contributed by atoms with Gasteiger partial charge in [-0.1, -0.05) is 42.0 Å². The summed E-state index contributed by atoms with van der Waals surface area (Å²) in [5, 5.41) is 3.56. The van der Waals surface area contributed by atoms with Gasteiger partial charge in [-0.25, -0.2) is 4.98 Å². The summed E-state index contributed by atoms with van der Waals surface area (Å²) < 4.78 is 1.50. The number of fused-ring (bicyclic) bond motifs is 1. The standard InChI is InChI=1S/C21H23N3O2/c1-14-7-9-17(10-8-14)16(3)23-19(25)11-12-24-13-22-20-15(2)5-4-6-18(20)21(24)26/h4-10,13,16H,11-12H2,1-3H3,(H,23,25). The summed E-state index contributed by atoms with van der Waals surface area (Å²) in [6, 6.07) is 13.6. The Bertz CT molecular complexity index is 990. The van der Waals surface area contributed by atoms with Crippen molar-refractivity contribution in [2.45, 2.75) is 39.8 Å². The molecule has 0 aliphatic rings. The molecule has 0 spiro atoms. The quantitative estimate of drug-likeness (QED) is 0.769. The van der Waals surface area contributed by atoms with Crippen LogP contribution in [0.25, 0.3) is 10.9 Å². The van der Waals surface area contributed by atoms with Crippen molar-refractivity contribution in [1.82, 2.24) is 14.9 Å². The van der Waals surface area contributed by atoms with Gasteiger partial charge in [-0.15, -0.1) is 0 Å². The molecule has 1 amide bonds. The summed E-state index contributed by atoms with van der Waals surface area (Å²) in [5.74, 6) is -0.0886. The molecule has 0 aliphatic heterocycles. The first-order valence-electron chi connectivity index (χ1n) is 8.76. The van der Waals surface area contributed by atoms with Crippen LogP contribution in [0.4, 0.5) is 0 Å². The van der Waals surface area contributed by atoms with Crippen LogP contribution in [0.5, 0.6) is 0 Å². The van der Waals surface area contributed by atoms with E-state index in [4.69, 9.17) is 0 Å². The molecule has 0 fully saturated rings. The van der Waals surface area contributed by atoms with Gasteiger partial charge in [0.1, 0.15) is 0 Å². The summed E-state index contributed by atoms with van der Waals surface area (Å²) in [7, 11) is 0. The fourth-order valence-corrected chi connectivity index (χ4v) is 2.97. The second kappa shape index (κ2) is 7.52. The van der Waals surface area contributed by atoms with Gasteiger partial charge in [0.2, 0.25) is 5.91 Å². The van der Waals surface area contributed by atoms with Crippen molar-refractivity contribution >= 4 is 16.8 Å². The van der Waals surface area contributed by atoms with Crippen LogP contribution in [0.15, 0.2) is 53.6 Å². The van der Waals surface area contributed by atoms with E-state index in [1.54, 1.807) is 6.07 Å². The van der Waals surface area contributed by atoms with Gasteiger partial charge in [-0.05, 0) is 38.0 Å². The maximum atomic E-state index is 12.6. The number of nitrogens with one attached hydrogen (secondary N) is 1.